The van der Waals surface area contributed by atoms with Gasteiger partial charge in [0.25, 0.3) is 0 Å². The number of phenols is 2. The van der Waals surface area contributed by atoms with Crippen LogP contribution in [0.3, 0.4) is 0 Å². The minimum absolute atomic E-state index is 0.326. The summed E-state index contributed by atoms with van der Waals surface area (Å²) in [4.78, 5) is 0. The Hall–Kier alpha value is -1.96. The zero-order valence-electron chi connectivity index (χ0n) is 18.6. The summed E-state index contributed by atoms with van der Waals surface area (Å²) < 4.78 is 0. The molecule has 0 saturated heterocycles. The van der Waals surface area contributed by atoms with E-state index in [-0.39, 0.29) is 5.41 Å². The highest BCUT2D eigenvalue weighted by Gasteiger charge is 2.37. The molecule has 0 radical (unpaired) electrons. The Labute approximate surface area is 183 Å². The van der Waals surface area contributed by atoms with Gasteiger partial charge < -0.3 is 10.2 Å². The molecule has 164 valence electrons. The van der Waals surface area contributed by atoms with Crippen molar-refractivity contribution in [3.63, 3.8) is 0 Å². The second kappa shape index (κ2) is 12.0. The van der Waals surface area contributed by atoms with E-state index in [2.05, 4.69) is 12.1 Å². The van der Waals surface area contributed by atoms with Crippen LogP contribution in [0.1, 0.15) is 107 Å². The van der Waals surface area contributed by atoms with Crippen molar-refractivity contribution in [2.24, 2.45) is 0 Å². The van der Waals surface area contributed by atoms with Crippen LogP contribution in [0.25, 0.3) is 0 Å². The molecule has 2 aromatic rings. The first-order chi connectivity index (χ1) is 14.7. The van der Waals surface area contributed by atoms with Gasteiger partial charge in [0.05, 0.1) is 0 Å². The number of aromatic hydroxyl groups is 2. The van der Waals surface area contributed by atoms with Gasteiger partial charge in [0.15, 0.2) is 0 Å². The Bertz CT molecular complexity index is 688. The molecule has 2 nitrogen and oxygen atoms in total. The SMILES string of the molecule is Oc1ccccc1C1(c2ccccc2O)CCCCCCCCCCCCCCC1. The van der Waals surface area contributed by atoms with Crippen LogP contribution in [0.15, 0.2) is 48.5 Å². The summed E-state index contributed by atoms with van der Waals surface area (Å²) in [7, 11) is 0. The van der Waals surface area contributed by atoms with Gasteiger partial charge in [-0.3, -0.25) is 0 Å². The molecule has 2 aromatic carbocycles. The van der Waals surface area contributed by atoms with Crippen molar-refractivity contribution in [3.05, 3.63) is 59.7 Å². The van der Waals surface area contributed by atoms with E-state index < -0.39 is 0 Å². The van der Waals surface area contributed by atoms with E-state index in [4.69, 9.17) is 0 Å². The Balaban J connectivity index is 1.91. The second-order valence-electron chi connectivity index (χ2n) is 9.21. The lowest BCUT2D eigenvalue weighted by atomic mass is 9.67. The molecule has 0 aliphatic heterocycles. The number of phenolic OH excluding ortho intramolecular Hbond substituents is 2. The van der Waals surface area contributed by atoms with Crippen LogP contribution < -0.4 is 0 Å². The maximum atomic E-state index is 10.8. The number of rotatable bonds is 2. The van der Waals surface area contributed by atoms with Crippen molar-refractivity contribution in [1.82, 2.24) is 0 Å². The number of benzene rings is 2. The van der Waals surface area contributed by atoms with Crippen LogP contribution in [0.4, 0.5) is 0 Å². The summed E-state index contributed by atoms with van der Waals surface area (Å²) in [5.74, 6) is 0.713. The summed E-state index contributed by atoms with van der Waals surface area (Å²) in [6.07, 6.45) is 18.8. The van der Waals surface area contributed by atoms with Gasteiger partial charge in [-0.15, -0.1) is 0 Å². The van der Waals surface area contributed by atoms with E-state index in [1.54, 1.807) is 12.1 Å². The highest BCUT2D eigenvalue weighted by atomic mass is 16.3. The normalized spacial score (nSPS) is 19.9. The van der Waals surface area contributed by atoms with Crippen molar-refractivity contribution < 1.29 is 10.2 Å². The molecule has 1 aliphatic carbocycles. The first-order valence-corrected chi connectivity index (χ1v) is 12.3. The van der Waals surface area contributed by atoms with Gasteiger partial charge in [-0.1, -0.05) is 120 Å². The highest BCUT2D eigenvalue weighted by Crippen LogP contribution is 2.48. The maximum absolute atomic E-state index is 10.8. The van der Waals surface area contributed by atoms with E-state index in [0.717, 1.165) is 36.8 Å². The lowest BCUT2D eigenvalue weighted by molar-refractivity contribution is 0.353. The van der Waals surface area contributed by atoms with Crippen LogP contribution in [-0.2, 0) is 5.41 Å². The number of hydrogen-bond donors (Lipinski definition) is 2. The van der Waals surface area contributed by atoms with Crippen LogP contribution in [0, 0.1) is 0 Å². The summed E-state index contributed by atoms with van der Waals surface area (Å²) >= 11 is 0. The average molecular weight is 409 g/mol. The molecule has 2 heteroatoms. The van der Waals surface area contributed by atoms with Gasteiger partial charge in [0.1, 0.15) is 11.5 Å². The monoisotopic (exact) mass is 408 g/mol. The van der Waals surface area contributed by atoms with Gasteiger partial charge >= 0.3 is 0 Å². The second-order valence-corrected chi connectivity index (χ2v) is 9.21. The van der Waals surface area contributed by atoms with E-state index in [1.807, 2.05) is 24.3 Å². The van der Waals surface area contributed by atoms with E-state index in [9.17, 15) is 10.2 Å². The Morgan fingerprint density at radius 2 is 0.733 bits per heavy atom. The molecular formula is C28H40O2. The minimum atomic E-state index is -0.326. The molecule has 0 unspecified atom stereocenters. The van der Waals surface area contributed by atoms with Crippen molar-refractivity contribution in [2.75, 3.05) is 0 Å². The van der Waals surface area contributed by atoms with Crippen molar-refractivity contribution >= 4 is 0 Å². The third kappa shape index (κ3) is 6.03. The molecule has 0 atom stereocenters. The van der Waals surface area contributed by atoms with E-state index in [0.29, 0.717) is 11.5 Å². The fraction of sp³-hybridized carbons (Fsp3) is 0.571. The smallest absolute Gasteiger partial charge is 0.119 e. The predicted octanol–water partition coefficient (Wildman–Crippen LogP) is 8.25. The zero-order valence-corrected chi connectivity index (χ0v) is 18.6. The standard InChI is InChI=1S/C28H40O2/c29-26-20-14-12-18-24(26)28(25-19-13-15-21-27(25)30)22-16-10-8-6-4-2-1-3-5-7-9-11-17-23-28/h12-15,18-21,29-30H,1-11,16-17,22-23H2. The topological polar surface area (TPSA) is 40.5 Å². The van der Waals surface area contributed by atoms with Gasteiger partial charge in [0.2, 0.25) is 0 Å². The highest BCUT2D eigenvalue weighted by molar-refractivity contribution is 5.51. The fourth-order valence-electron chi connectivity index (χ4n) is 5.36. The van der Waals surface area contributed by atoms with Crippen molar-refractivity contribution in [3.8, 4) is 11.5 Å². The molecule has 3 rings (SSSR count). The number of hydrogen-bond acceptors (Lipinski definition) is 2. The van der Waals surface area contributed by atoms with Crippen LogP contribution in [0.5, 0.6) is 11.5 Å². The summed E-state index contributed by atoms with van der Waals surface area (Å²) in [5, 5.41) is 21.7. The third-order valence-corrected chi connectivity index (χ3v) is 7.05. The molecule has 0 amide bonds. The molecule has 0 heterocycles. The van der Waals surface area contributed by atoms with Gasteiger partial charge in [-0.25, -0.2) is 0 Å². The molecule has 0 aromatic heterocycles. The maximum Gasteiger partial charge on any atom is 0.119 e. The first kappa shape index (κ1) is 22.7. The minimum Gasteiger partial charge on any atom is -0.508 e. The summed E-state index contributed by atoms with van der Waals surface area (Å²) in [6, 6.07) is 15.6. The van der Waals surface area contributed by atoms with Gasteiger partial charge in [-0.2, -0.15) is 0 Å². The summed E-state index contributed by atoms with van der Waals surface area (Å²) in [6.45, 7) is 0. The Kier molecular flexibility index (Phi) is 9.11. The van der Waals surface area contributed by atoms with Crippen LogP contribution >= 0.6 is 0 Å². The molecule has 1 saturated carbocycles. The zero-order chi connectivity index (χ0) is 21.1. The number of para-hydroxylation sites is 2. The lowest BCUT2D eigenvalue weighted by Crippen LogP contribution is -2.28. The Morgan fingerprint density at radius 1 is 0.433 bits per heavy atom. The van der Waals surface area contributed by atoms with Crippen LogP contribution in [0.2, 0.25) is 0 Å². The van der Waals surface area contributed by atoms with Gasteiger partial charge in [-0.05, 0) is 25.0 Å². The van der Waals surface area contributed by atoms with Gasteiger partial charge in [0, 0.05) is 16.5 Å². The molecule has 1 fully saturated rings. The average Bonchev–Trinajstić information content (AvgIpc) is 2.75. The fourth-order valence-corrected chi connectivity index (χ4v) is 5.36. The molecule has 2 N–H and O–H groups in total. The van der Waals surface area contributed by atoms with Crippen molar-refractivity contribution in [2.45, 2.75) is 102 Å². The predicted molar refractivity (Wildman–Crippen MR) is 126 cm³/mol. The quantitative estimate of drug-likeness (QED) is 0.525. The Morgan fingerprint density at radius 3 is 1.07 bits per heavy atom. The molecule has 1 aliphatic rings. The largest absolute Gasteiger partial charge is 0.508 e. The van der Waals surface area contributed by atoms with E-state index >= 15 is 0 Å². The van der Waals surface area contributed by atoms with Crippen LogP contribution in [-0.4, -0.2) is 10.2 Å². The van der Waals surface area contributed by atoms with E-state index in [1.165, 1.54) is 70.6 Å². The first-order valence-electron chi connectivity index (χ1n) is 12.3. The van der Waals surface area contributed by atoms with Crippen molar-refractivity contribution in [1.29, 1.82) is 0 Å². The molecular weight excluding hydrogens is 368 g/mol. The third-order valence-electron chi connectivity index (χ3n) is 7.05. The molecule has 30 heavy (non-hydrogen) atoms. The summed E-state index contributed by atoms with van der Waals surface area (Å²) in [5.41, 5.74) is 1.63. The lowest BCUT2D eigenvalue weighted by Gasteiger charge is -2.36. The molecule has 0 bridgehead atoms. The molecule has 0 spiro atoms.